The third-order valence-electron chi connectivity index (χ3n) is 5.61. The SMILES string of the molecule is CCn1cc(/C=C2\Oc3cc(OC(=O)C(Cl)c4ccccc4)ccc3C2=O)c2ccccc21. The molecule has 0 saturated heterocycles. The number of nitrogens with zero attached hydrogens (tertiary/aromatic N) is 1. The van der Waals surface area contributed by atoms with Crippen molar-refractivity contribution in [1.29, 1.82) is 0 Å². The maximum atomic E-state index is 12.9. The maximum absolute atomic E-state index is 12.9. The second-order valence-electron chi connectivity index (χ2n) is 7.68. The Balaban J connectivity index is 1.39. The molecule has 1 aliphatic rings. The van der Waals surface area contributed by atoms with Crippen molar-refractivity contribution >= 4 is 40.3 Å². The topological polar surface area (TPSA) is 57.5 Å². The molecule has 0 N–H and O–H groups in total. The predicted molar refractivity (Wildman–Crippen MR) is 128 cm³/mol. The first-order valence-electron chi connectivity index (χ1n) is 10.6. The second kappa shape index (κ2) is 8.60. The molecular weight excluding hydrogens is 438 g/mol. The second-order valence-corrected chi connectivity index (χ2v) is 8.12. The van der Waals surface area contributed by atoms with Crippen LogP contribution in [0.15, 0.2) is 84.8 Å². The number of para-hydroxylation sites is 1. The van der Waals surface area contributed by atoms with E-state index in [0.29, 0.717) is 16.9 Å². The molecule has 3 aromatic carbocycles. The molecule has 0 amide bonds. The molecule has 0 radical (unpaired) electrons. The Morgan fingerprint density at radius 2 is 1.85 bits per heavy atom. The lowest BCUT2D eigenvalue weighted by atomic mass is 10.1. The molecule has 5 nitrogen and oxygen atoms in total. The molecule has 0 aliphatic carbocycles. The van der Waals surface area contributed by atoms with Gasteiger partial charge < -0.3 is 14.0 Å². The predicted octanol–water partition coefficient (Wildman–Crippen LogP) is 6.16. The summed E-state index contributed by atoms with van der Waals surface area (Å²) in [7, 11) is 0. The van der Waals surface area contributed by atoms with Crippen molar-refractivity contribution in [3.8, 4) is 11.5 Å². The normalized spacial score (nSPS) is 14.8. The number of fused-ring (bicyclic) bond motifs is 2. The van der Waals surface area contributed by atoms with Crippen molar-refractivity contribution < 1.29 is 19.1 Å². The Kier molecular flexibility index (Phi) is 5.48. The zero-order chi connectivity index (χ0) is 22.9. The highest BCUT2D eigenvalue weighted by Crippen LogP contribution is 2.36. The number of hydrogen-bond acceptors (Lipinski definition) is 4. The molecule has 5 rings (SSSR count). The van der Waals surface area contributed by atoms with Crippen molar-refractivity contribution in [3.63, 3.8) is 0 Å². The maximum Gasteiger partial charge on any atom is 0.334 e. The highest BCUT2D eigenvalue weighted by molar-refractivity contribution is 6.30. The zero-order valence-electron chi connectivity index (χ0n) is 17.8. The van der Waals surface area contributed by atoms with Gasteiger partial charge in [0, 0.05) is 35.3 Å². The minimum Gasteiger partial charge on any atom is -0.452 e. The first kappa shape index (κ1) is 21.0. The molecule has 33 heavy (non-hydrogen) atoms. The highest BCUT2D eigenvalue weighted by atomic mass is 35.5. The van der Waals surface area contributed by atoms with Crippen LogP contribution in [-0.2, 0) is 11.3 Å². The number of hydrogen-bond donors (Lipinski definition) is 0. The van der Waals surface area contributed by atoms with E-state index >= 15 is 0 Å². The van der Waals surface area contributed by atoms with Crippen LogP contribution in [0.5, 0.6) is 11.5 Å². The van der Waals surface area contributed by atoms with E-state index in [9.17, 15) is 9.59 Å². The van der Waals surface area contributed by atoms with Gasteiger partial charge in [-0.2, -0.15) is 0 Å². The molecule has 6 heteroatoms. The van der Waals surface area contributed by atoms with Gasteiger partial charge in [-0.3, -0.25) is 4.79 Å². The lowest BCUT2D eigenvalue weighted by Crippen LogP contribution is -2.14. The number of aromatic nitrogens is 1. The fraction of sp³-hybridized carbons (Fsp3) is 0.111. The molecule has 164 valence electrons. The molecule has 4 aromatic rings. The Bertz CT molecular complexity index is 1400. The van der Waals surface area contributed by atoms with Gasteiger partial charge in [-0.1, -0.05) is 48.5 Å². The Morgan fingerprint density at radius 3 is 2.64 bits per heavy atom. The summed E-state index contributed by atoms with van der Waals surface area (Å²) in [5.74, 6) is 0.0246. The average molecular weight is 458 g/mol. The summed E-state index contributed by atoms with van der Waals surface area (Å²) in [5, 5.41) is 0.108. The minimum atomic E-state index is -0.937. The van der Waals surface area contributed by atoms with E-state index in [2.05, 4.69) is 11.5 Å². The van der Waals surface area contributed by atoms with Gasteiger partial charge >= 0.3 is 5.97 Å². The molecule has 0 saturated carbocycles. The number of ether oxygens (including phenoxy) is 2. The number of esters is 1. The molecule has 1 aromatic heterocycles. The number of alkyl halides is 1. The van der Waals surface area contributed by atoms with E-state index in [-0.39, 0.29) is 17.3 Å². The zero-order valence-corrected chi connectivity index (χ0v) is 18.6. The van der Waals surface area contributed by atoms with Crippen molar-refractivity contribution in [2.24, 2.45) is 0 Å². The number of ketones is 1. The quantitative estimate of drug-likeness (QED) is 0.156. The van der Waals surface area contributed by atoms with Gasteiger partial charge in [-0.25, -0.2) is 4.79 Å². The molecular formula is C27H20ClNO4. The lowest BCUT2D eigenvalue weighted by Gasteiger charge is -2.10. The van der Waals surface area contributed by atoms with Crippen molar-refractivity contribution in [2.75, 3.05) is 0 Å². The average Bonchev–Trinajstić information content (AvgIpc) is 3.36. The minimum absolute atomic E-state index is 0.212. The van der Waals surface area contributed by atoms with E-state index in [0.717, 1.165) is 23.0 Å². The number of benzene rings is 3. The van der Waals surface area contributed by atoms with E-state index in [1.165, 1.54) is 6.07 Å². The molecule has 0 fully saturated rings. The van der Waals surface area contributed by atoms with Gasteiger partial charge in [-0.15, -0.1) is 11.6 Å². The standard InChI is InChI=1S/C27H20ClNO4/c1-2-29-16-18(20-10-6-7-11-22(20)29)14-24-26(30)21-13-12-19(15-23(21)33-24)32-27(31)25(28)17-8-4-3-5-9-17/h3-16,25H,2H2,1H3/b24-14-. The van der Waals surface area contributed by atoms with Crippen LogP contribution in [0.25, 0.3) is 17.0 Å². The van der Waals surface area contributed by atoms with Crippen LogP contribution >= 0.6 is 11.6 Å². The number of carbonyl (C=O) groups is 2. The monoisotopic (exact) mass is 457 g/mol. The molecule has 2 heterocycles. The first-order chi connectivity index (χ1) is 16.0. The number of halogens is 1. The van der Waals surface area contributed by atoms with Crippen LogP contribution in [0.3, 0.4) is 0 Å². The van der Waals surface area contributed by atoms with Crippen molar-refractivity contribution in [1.82, 2.24) is 4.57 Å². The summed E-state index contributed by atoms with van der Waals surface area (Å²) < 4.78 is 13.4. The smallest absolute Gasteiger partial charge is 0.334 e. The van der Waals surface area contributed by atoms with Gasteiger partial charge in [0.1, 0.15) is 11.5 Å². The van der Waals surface area contributed by atoms with Crippen LogP contribution in [0.1, 0.15) is 33.8 Å². The fourth-order valence-electron chi connectivity index (χ4n) is 3.95. The van der Waals surface area contributed by atoms with E-state index in [1.807, 2.05) is 36.5 Å². The molecule has 1 aliphatic heterocycles. The van der Waals surface area contributed by atoms with Crippen LogP contribution in [0, 0.1) is 0 Å². The van der Waals surface area contributed by atoms with E-state index in [1.54, 1.807) is 42.5 Å². The van der Waals surface area contributed by atoms with Gasteiger partial charge in [0.05, 0.1) is 5.56 Å². The third-order valence-corrected chi connectivity index (χ3v) is 6.04. The molecule has 1 atom stereocenters. The van der Waals surface area contributed by atoms with Gasteiger partial charge in [-0.05, 0) is 36.8 Å². The molecule has 0 spiro atoms. The number of Topliss-reactive ketones (excluding diaryl/α,β-unsaturated/α-hetero) is 1. The number of carbonyl (C=O) groups excluding carboxylic acids is 2. The fourth-order valence-corrected chi connectivity index (χ4v) is 4.14. The Hall–Kier alpha value is -3.83. The third kappa shape index (κ3) is 3.92. The summed E-state index contributed by atoms with van der Waals surface area (Å²) in [6.45, 7) is 2.89. The van der Waals surface area contributed by atoms with Crippen LogP contribution in [0.4, 0.5) is 0 Å². The van der Waals surface area contributed by atoms with Crippen LogP contribution < -0.4 is 9.47 Å². The number of allylic oxidation sites excluding steroid dienone is 1. The van der Waals surface area contributed by atoms with Gasteiger partial charge in [0.2, 0.25) is 5.78 Å². The van der Waals surface area contributed by atoms with Crippen molar-refractivity contribution in [2.45, 2.75) is 18.8 Å². The summed E-state index contributed by atoms with van der Waals surface area (Å²) in [5.41, 5.74) is 3.07. The van der Waals surface area contributed by atoms with Gasteiger partial charge in [0.15, 0.2) is 11.1 Å². The number of aryl methyl sites for hydroxylation is 1. The Labute approximate surface area is 195 Å². The van der Waals surface area contributed by atoms with Crippen LogP contribution in [0.2, 0.25) is 0 Å². The Morgan fingerprint density at radius 1 is 1.09 bits per heavy atom. The summed E-state index contributed by atoms with van der Waals surface area (Å²) in [4.78, 5) is 25.4. The van der Waals surface area contributed by atoms with Gasteiger partial charge in [0.25, 0.3) is 0 Å². The molecule has 0 bridgehead atoms. The van der Waals surface area contributed by atoms with Crippen LogP contribution in [-0.4, -0.2) is 16.3 Å². The largest absolute Gasteiger partial charge is 0.452 e. The summed E-state index contributed by atoms with van der Waals surface area (Å²) in [6.07, 6.45) is 3.77. The number of rotatable bonds is 5. The van der Waals surface area contributed by atoms with E-state index in [4.69, 9.17) is 21.1 Å². The lowest BCUT2D eigenvalue weighted by molar-refractivity contribution is -0.134. The van der Waals surface area contributed by atoms with Crippen molar-refractivity contribution in [3.05, 3.63) is 101 Å². The molecule has 1 unspecified atom stereocenters. The first-order valence-corrected chi connectivity index (χ1v) is 11.1. The summed E-state index contributed by atoms with van der Waals surface area (Å²) >= 11 is 6.25. The summed E-state index contributed by atoms with van der Waals surface area (Å²) in [6, 6.07) is 21.7. The van der Waals surface area contributed by atoms with E-state index < -0.39 is 11.3 Å². The highest BCUT2D eigenvalue weighted by Gasteiger charge is 2.29.